The molecule has 0 aliphatic carbocycles. The Bertz CT molecular complexity index is 858. The van der Waals surface area contributed by atoms with E-state index < -0.39 is 11.4 Å². The largest absolute Gasteiger partial charge is 0.385 e. The van der Waals surface area contributed by atoms with Crippen LogP contribution in [0.5, 0.6) is 0 Å². The molecule has 1 aromatic heterocycles. The molecule has 2 aliphatic heterocycles. The van der Waals surface area contributed by atoms with E-state index in [0.29, 0.717) is 33.9 Å². The monoisotopic (exact) mass is 406 g/mol. The summed E-state index contributed by atoms with van der Waals surface area (Å²) in [6, 6.07) is 3.17. The third-order valence-corrected chi connectivity index (χ3v) is 6.87. The summed E-state index contributed by atoms with van der Waals surface area (Å²) in [5, 5.41) is 7.27. The molecule has 2 fully saturated rings. The normalized spacial score (nSPS) is 19.2. The Morgan fingerprint density at radius 1 is 1.21 bits per heavy atom. The Kier molecular flexibility index (Phi) is 6.49. The molecular weight excluding hydrogens is 379 g/mol. The number of nitrogens with zero attached hydrogens (tertiary/aromatic N) is 1. The fourth-order valence-electron chi connectivity index (χ4n) is 3.81. The maximum absolute atomic E-state index is 14.5. The van der Waals surface area contributed by atoms with Gasteiger partial charge in [-0.05, 0) is 56.8 Å². The Labute approximate surface area is 168 Å². The molecule has 3 N–H and O–H groups in total. The molecule has 6 nitrogen and oxygen atoms in total. The first-order valence-corrected chi connectivity index (χ1v) is 11.1. The van der Waals surface area contributed by atoms with Crippen LogP contribution in [-0.4, -0.2) is 48.1 Å². The summed E-state index contributed by atoms with van der Waals surface area (Å²) < 4.78 is 19.9. The van der Waals surface area contributed by atoms with Crippen LogP contribution < -0.4 is 16.2 Å². The SMILES string of the molecule is O=c1[nH]c(CSC2CCNCC2)nc2cc(NCC3CCOCC3)cc(F)c12. The summed E-state index contributed by atoms with van der Waals surface area (Å²) in [5.41, 5.74) is 0.685. The van der Waals surface area contributed by atoms with Crippen molar-refractivity contribution < 1.29 is 9.13 Å². The Morgan fingerprint density at radius 2 is 2.00 bits per heavy atom. The number of halogens is 1. The molecule has 4 rings (SSSR count). The first-order valence-electron chi connectivity index (χ1n) is 10.1. The quantitative estimate of drug-likeness (QED) is 0.685. The zero-order valence-corrected chi connectivity index (χ0v) is 16.7. The van der Waals surface area contributed by atoms with E-state index in [4.69, 9.17) is 4.74 Å². The standard InChI is InChI=1S/C20H27FN4O2S/c21-16-9-14(23-11-13-3-7-27-8-4-13)10-17-19(16)20(26)25-18(24-17)12-28-15-1-5-22-6-2-15/h9-10,13,15,22-23H,1-8,11-12H2,(H,24,25,26). The minimum Gasteiger partial charge on any atom is -0.385 e. The Balaban J connectivity index is 1.48. The molecule has 2 aromatic rings. The number of rotatable bonds is 6. The van der Waals surface area contributed by atoms with E-state index in [0.717, 1.165) is 58.5 Å². The molecule has 0 saturated carbocycles. The topological polar surface area (TPSA) is 79.0 Å². The summed E-state index contributed by atoms with van der Waals surface area (Å²) in [6.07, 6.45) is 4.27. The van der Waals surface area contributed by atoms with Crippen molar-refractivity contribution in [3.8, 4) is 0 Å². The highest BCUT2D eigenvalue weighted by atomic mass is 32.2. The van der Waals surface area contributed by atoms with Gasteiger partial charge in [0.2, 0.25) is 0 Å². The van der Waals surface area contributed by atoms with Crippen LogP contribution in [0.2, 0.25) is 0 Å². The molecule has 2 saturated heterocycles. The third-order valence-electron chi connectivity index (χ3n) is 5.49. The van der Waals surface area contributed by atoms with Crippen LogP contribution in [-0.2, 0) is 10.5 Å². The average molecular weight is 407 g/mol. The van der Waals surface area contributed by atoms with Crippen LogP contribution in [0.4, 0.5) is 10.1 Å². The van der Waals surface area contributed by atoms with Gasteiger partial charge in [0.05, 0.1) is 11.3 Å². The van der Waals surface area contributed by atoms with Crippen molar-refractivity contribution in [3.05, 3.63) is 34.1 Å². The number of thioether (sulfide) groups is 1. The van der Waals surface area contributed by atoms with Gasteiger partial charge < -0.3 is 20.4 Å². The molecule has 8 heteroatoms. The number of anilines is 1. The van der Waals surface area contributed by atoms with Crippen molar-refractivity contribution >= 4 is 28.4 Å². The van der Waals surface area contributed by atoms with Crippen LogP contribution in [0.25, 0.3) is 10.9 Å². The molecule has 2 aliphatic rings. The molecule has 0 amide bonds. The lowest BCUT2D eigenvalue weighted by Gasteiger charge is -2.22. The number of aromatic nitrogens is 2. The predicted octanol–water partition coefficient (Wildman–Crippen LogP) is 2.89. The number of H-pyrrole nitrogens is 1. The van der Waals surface area contributed by atoms with E-state index in [-0.39, 0.29) is 5.39 Å². The van der Waals surface area contributed by atoms with Crippen molar-refractivity contribution in [3.63, 3.8) is 0 Å². The Hall–Kier alpha value is -1.64. The number of fused-ring (bicyclic) bond motifs is 1. The smallest absolute Gasteiger partial charge is 0.261 e. The molecular formula is C20H27FN4O2S. The second-order valence-corrected chi connectivity index (χ2v) is 8.85. The fraction of sp³-hybridized carbons (Fsp3) is 0.600. The van der Waals surface area contributed by atoms with E-state index in [9.17, 15) is 9.18 Å². The summed E-state index contributed by atoms with van der Waals surface area (Å²) in [5.74, 6) is 1.24. The van der Waals surface area contributed by atoms with Crippen molar-refractivity contribution in [1.29, 1.82) is 0 Å². The van der Waals surface area contributed by atoms with Gasteiger partial charge in [0, 0.05) is 30.7 Å². The van der Waals surface area contributed by atoms with Gasteiger partial charge in [0.15, 0.2) is 0 Å². The molecule has 0 bridgehead atoms. The summed E-state index contributed by atoms with van der Waals surface area (Å²) in [4.78, 5) is 19.7. The number of piperidine rings is 1. The van der Waals surface area contributed by atoms with Crippen molar-refractivity contribution in [2.75, 3.05) is 38.2 Å². The molecule has 0 atom stereocenters. The van der Waals surface area contributed by atoms with Crippen LogP contribution >= 0.6 is 11.8 Å². The van der Waals surface area contributed by atoms with Crippen LogP contribution in [0.15, 0.2) is 16.9 Å². The number of benzene rings is 1. The van der Waals surface area contributed by atoms with E-state index in [1.165, 1.54) is 6.07 Å². The van der Waals surface area contributed by atoms with Crippen LogP contribution in [0.1, 0.15) is 31.5 Å². The fourth-order valence-corrected chi connectivity index (χ4v) is 4.91. The zero-order chi connectivity index (χ0) is 19.3. The molecule has 0 unspecified atom stereocenters. The lowest BCUT2D eigenvalue weighted by Crippen LogP contribution is -2.29. The number of aromatic amines is 1. The van der Waals surface area contributed by atoms with E-state index >= 15 is 0 Å². The van der Waals surface area contributed by atoms with Gasteiger partial charge in [0.1, 0.15) is 17.0 Å². The van der Waals surface area contributed by atoms with E-state index in [2.05, 4.69) is 20.6 Å². The van der Waals surface area contributed by atoms with Crippen molar-refractivity contribution in [2.45, 2.75) is 36.7 Å². The Morgan fingerprint density at radius 3 is 2.79 bits per heavy atom. The predicted molar refractivity (Wildman–Crippen MR) is 112 cm³/mol. The first-order chi connectivity index (χ1) is 13.7. The minimum absolute atomic E-state index is 0.0345. The van der Waals surface area contributed by atoms with Crippen molar-refractivity contribution in [2.24, 2.45) is 5.92 Å². The second kappa shape index (κ2) is 9.24. The number of nitrogens with one attached hydrogen (secondary N) is 3. The van der Waals surface area contributed by atoms with Gasteiger partial charge in [0.25, 0.3) is 5.56 Å². The molecule has 1 aromatic carbocycles. The van der Waals surface area contributed by atoms with Crippen LogP contribution in [0.3, 0.4) is 0 Å². The summed E-state index contributed by atoms with van der Waals surface area (Å²) in [7, 11) is 0. The van der Waals surface area contributed by atoms with E-state index in [1.54, 1.807) is 6.07 Å². The highest BCUT2D eigenvalue weighted by molar-refractivity contribution is 7.99. The van der Waals surface area contributed by atoms with Gasteiger partial charge in [-0.3, -0.25) is 4.79 Å². The molecule has 0 radical (unpaired) electrons. The zero-order valence-electron chi connectivity index (χ0n) is 15.9. The van der Waals surface area contributed by atoms with E-state index in [1.807, 2.05) is 11.8 Å². The first kappa shape index (κ1) is 19.7. The van der Waals surface area contributed by atoms with Crippen molar-refractivity contribution in [1.82, 2.24) is 15.3 Å². The highest BCUT2D eigenvalue weighted by Crippen LogP contribution is 2.25. The maximum Gasteiger partial charge on any atom is 0.261 e. The minimum atomic E-state index is -0.529. The highest BCUT2D eigenvalue weighted by Gasteiger charge is 2.17. The summed E-state index contributed by atoms with van der Waals surface area (Å²) >= 11 is 1.81. The van der Waals surface area contributed by atoms with Gasteiger partial charge in [-0.2, -0.15) is 11.8 Å². The second-order valence-electron chi connectivity index (χ2n) is 7.56. The average Bonchev–Trinajstić information content (AvgIpc) is 2.72. The number of hydrogen-bond donors (Lipinski definition) is 3. The number of ether oxygens (including phenoxy) is 1. The molecule has 3 heterocycles. The van der Waals surface area contributed by atoms with Gasteiger partial charge >= 0.3 is 0 Å². The van der Waals surface area contributed by atoms with Gasteiger partial charge in [-0.25, -0.2) is 9.37 Å². The maximum atomic E-state index is 14.5. The molecule has 0 spiro atoms. The lowest BCUT2D eigenvalue weighted by atomic mass is 10.0. The van der Waals surface area contributed by atoms with Gasteiger partial charge in [-0.15, -0.1) is 0 Å². The molecule has 28 heavy (non-hydrogen) atoms. The van der Waals surface area contributed by atoms with Crippen LogP contribution in [0, 0.1) is 11.7 Å². The summed E-state index contributed by atoms with van der Waals surface area (Å²) in [6.45, 7) is 4.41. The lowest BCUT2D eigenvalue weighted by molar-refractivity contribution is 0.0699. The number of hydrogen-bond acceptors (Lipinski definition) is 6. The molecule has 152 valence electrons. The van der Waals surface area contributed by atoms with Gasteiger partial charge in [-0.1, -0.05) is 0 Å². The third kappa shape index (κ3) is 4.85.